The first-order valence-corrected chi connectivity index (χ1v) is 10.2. The lowest BCUT2D eigenvalue weighted by Gasteiger charge is -2.23. The fraction of sp³-hybridized carbons (Fsp3) is 0.389. The Kier molecular flexibility index (Phi) is 3.47. The zero-order valence-electron chi connectivity index (χ0n) is 14.5. The molecule has 1 aliphatic rings. The van der Waals surface area contributed by atoms with Crippen LogP contribution in [0, 0.1) is 0 Å². The van der Waals surface area contributed by atoms with Crippen LogP contribution in [-0.2, 0) is 15.3 Å². The molecule has 1 fully saturated rings. The Hall–Kier alpha value is -2.28. The third-order valence-electron chi connectivity index (χ3n) is 4.92. The third kappa shape index (κ3) is 2.72. The number of fused-ring (bicyclic) bond motifs is 1. The van der Waals surface area contributed by atoms with Crippen LogP contribution in [0.2, 0.25) is 0 Å². The van der Waals surface area contributed by atoms with Gasteiger partial charge >= 0.3 is 0 Å². The number of hydrogen-bond acceptors (Lipinski definition) is 5. The maximum atomic E-state index is 11.7. The Labute approximate surface area is 146 Å². The fourth-order valence-corrected chi connectivity index (χ4v) is 3.81. The SMILES string of the molecule is CC(C)(c1ccc(S(C)(=O)=O)cc1)c1nnc2c(C3CC3)ccnn12. The van der Waals surface area contributed by atoms with Gasteiger partial charge in [0.05, 0.1) is 10.3 Å². The van der Waals surface area contributed by atoms with Gasteiger partial charge in [-0.15, -0.1) is 10.2 Å². The van der Waals surface area contributed by atoms with Gasteiger partial charge in [0.1, 0.15) is 0 Å². The topological polar surface area (TPSA) is 77.2 Å². The van der Waals surface area contributed by atoms with Crippen molar-refractivity contribution >= 4 is 15.5 Å². The molecule has 0 atom stereocenters. The summed E-state index contributed by atoms with van der Waals surface area (Å²) in [7, 11) is -3.21. The van der Waals surface area contributed by atoms with Crippen molar-refractivity contribution in [3.63, 3.8) is 0 Å². The zero-order chi connectivity index (χ0) is 17.8. The molecule has 7 heteroatoms. The molecule has 130 valence electrons. The number of benzene rings is 1. The minimum Gasteiger partial charge on any atom is -0.224 e. The number of aromatic nitrogens is 4. The highest BCUT2D eigenvalue weighted by Crippen LogP contribution is 2.42. The molecular weight excluding hydrogens is 336 g/mol. The third-order valence-corrected chi connectivity index (χ3v) is 6.04. The van der Waals surface area contributed by atoms with Crippen LogP contribution in [-0.4, -0.2) is 34.5 Å². The van der Waals surface area contributed by atoms with Crippen LogP contribution >= 0.6 is 0 Å². The van der Waals surface area contributed by atoms with Crippen LogP contribution in [0.1, 0.15) is 49.6 Å². The number of rotatable bonds is 4. The maximum Gasteiger partial charge on any atom is 0.181 e. The standard InChI is InChI=1S/C18H20N4O2S/c1-18(2,13-6-8-14(9-7-13)25(3,23)24)17-21-20-16-15(12-4-5-12)10-11-19-22(16)17/h6-12H,4-5H2,1-3H3. The van der Waals surface area contributed by atoms with Gasteiger partial charge in [0.25, 0.3) is 0 Å². The summed E-state index contributed by atoms with van der Waals surface area (Å²) in [6.07, 6.45) is 5.40. The van der Waals surface area contributed by atoms with E-state index in [-0.39, 0.29) is 0 Å². The highest BCUT2D eigenvalue weighted by atomic mass is 32.2. The van der Waals surface area contributed by atoms with Gasteiger partial charge in [-0.3, -0.25) is 0 Å². The van der Waals surface area contributed by atoms with E-state index < -0.39 is 15.3 Å². The van der Waals surface area contributed by atoms with Crippen molar-refractivity contribution in [3.8, 4) is 0 Å². The molecule has 1 saturated carbocycles. The number of nitrogens with zero attached hydrogens (tertiary/aromatic N) is 4. The van der Waals surface area contributed by atoms with E-state index in [9.17, 15) is 8.42 Å². The van der Waals surface area contributed by atoms with Crippen LogP contribution < -0.4 is 0 Å². The van der Waals surface area contributed by atoms with E-state index in [4.69, 9.17) is 0 Å². The minimum absolute atomic E-state index is 0.312. The van der Waals surface area contributed by atoms with Gasteiger partial charge in [0.15, 0.2) is 21.3 Å². The second kappa shape index (κ2) is 5.36. The summed E-state index contributed by atoms with van der Waals surface area (Å²) in [5, 5.41) is 13.3. The lowest BCUT2D eigenvalue weighted by atomic mass is 9.84. The molecule has 3 aromatic rings. The minimum atomic E-state index is -3.21. The van der Waals surface area contributed by atoms with E-state index in [1.165, 1.54) is 24.7 Å². The van der Waals surface area contributed by atoms with Crippen molar-refractivity contribution < 1.29 is 8.42 Å². The first-order chi connectivity index (χ1) is 11.8. The zero-order valence-corrected chi connectivity index (χ0v) is 15.3. The summed E-state index contributed by atoms with van der Waals surface area (Å²) >= 11 is 0. The molecule has 25 heavy (non-hydrogen) atoms. The highest BCUT2D eigenvalue weighted by molar-refractivity contribution is 7.90. The second-order valence-corrected chi connectivity index (χ2v) is 9.26. The van der Waals surface area contributed by atoms with Gasteiger partial charge in [-0.2, -0.15) is 9.61 Å². The Bertz CT molecular complexity index is 1050. The lowest BCUT2D eigenvalue weighted by molar-refractivity contribution is 0.566. The first-order valence-electron chi connectivity index (χ1n) is 8.30. The Balaban J connectivity index is 1.80. The fourth-order valence-electron chi connectivity index (χ4n) is 3.17. The molecule has 0 radical (unpaired) electrons. The molecule has 4 rings (SSSR count). The normalized spacial score (nSPS) is 15.6. The molecule has 0 aliphatic heterocycles. The van der Waals surface area contributed by atoms with E-state index in [1.807, 2.05) is 36.6 Å². The highest BCUT2D eigenvalue weighted by Gasteiger charge is 2.32. The van der Waals surface area contributed by atoms with E-state index in [1.54, 1.807) is 18.3 Å². The van der Waals surface area contributed by atoms with Crippen molar-refractivity contribution in [2.45, 2.75) is 42.9 Å². The molecule has 0 N–H and O–H groups in total. The first kappa shape index (κ1) is 16.2. The Morgan fingerprint density at radius 2 is 1.76 bits per heavy atom. The van der Waals surface area contributed by atoms with Gasteiger partial charge in [0.2, 0.25) is 0 Å². The maximum absolute atomic E-state index is 11.7. The van der Waals surface area contributed by atoms with Crippen molar-refractivity contribution in [1.82, 2.24) is 19.8 Å². The lowest BCUT2D eigenvalue weighted by Crippen LogP contribution is -2.23. The van der Waals surface area contributed by atoms with Gasteiger partial charge < -0.3 is 0 Å². The van der Waals surface area contributed by atoms with E-state index in [2.05, 4.69) is 15.3 Å². The van der Waals surface area contributed by atoms with Crippen molar-refractivity contribution in [1.29, 1.82) is 0 Å². The molecule has 1 aliphatic carbocycles. The summed E-state index contributed by atoms with van der Waals surface area (Å²) in [5.74, 6) is 1.32. The number of sulfone groups is 1. The summed E-state index contributed by atoms with van der Waals surface area (Å²) in [5.41, 5.74) is 2.54. The van der Waals surface area contributed by atoms with Crippen LogP contribution in [0.4, 0.5) is 0 Å². The van der Waals surface area contributed by atoms with Crippen molar-refractivity contribution in [2.75, 3.05) is 6.26 Å². The van der Waals surface area contributed by atoms with E-state index >= 15 is 0 Å². The van der Waals surface area contributed by atoms with Gasteiger partial charge in [-0.25, -0.2) is 8.42 Å². The quantitative estimate of drug-likeness (QED) is 0.718. The monoisotopic (exact) mass is 356 g/mol. The predicted molar refractivity (Wildman–Crippen MR) is 94.4 cm³/mol. The molecule has 0 unspecified atom stereocenters. The smallest absolute Gasteiger partial charge is 0.181 e. The molecule has 1 aromatic carbocycles. The summed E-state index contributed by atoms with van der Waals surface area (Å²) in [6.45, 7) is 4.09. The largest absolute Gasteiger partial charge is 0.224 e. The molecule has 6 nitrogen and oxygen atoms in total. The predicted octanol–water partition coefficient (Wildman–Crippen LogP) is 2.73. The van der Waals surface area contributed by atoms with Crippen molar-refractivity contribution in [2.24, 2.45) is 0 Å². The van der Waals surface area contributed by atoms with Gasteiger partial charge in [-0.1, -0.05) is 12.1 Å². The Morgan fingerprint density at radius 1 is 1.08 bits per heavy atom. The molecule has 0 bridgehead atoms. The average Bonchev–Trinajstić information content (AvgIpc) is 3.31. The molecule has 0 spiro atoms. The molecule has 0 amide bonds. The van der Waals surface area contributed by atoms with Gasteiger partial charge in [0, 0.05) is 18.0 Å². The molecule has 0 saturated heterocycles. The van der Waals surface area contributed by atoms with Gasteiger partial charge in [-0.05, 0) is 56.4 Å². The number of hydrogen-bond donors (Lipinski definition) is 0. The average molecular weight is 356 g/mol. The summed E-state index contributed by atoms with van der Waals surface area (Å²) in [4.78, 5) is 0.312. The Morgan fingerprint density at radius 3 is 2.36 bits per heavy atom. The molecule has 2 heterocycles. The van der Waals surface area contributed by atoms with Crippen LogP contribution in [0.15, 0.2) is 41.4 Å². The summed E-state index contributed by atoms with van der Waals surface area (Å²) in [6, 6.07) is 8.97. The van der Waals surface area contributed by atoms with E-state index in [0.29, 0.717) is 10.8 Å². The van der Waals surface area contributed by atoms with Crippen molar-refractivity contribution in [3.05, 3.63) is 53.5 Å². The van der Waals surface area contributed by atoms with Crippen LogP contribution in [0.5, 0.6) is 0 Å². The second-order valence-electron chi connectivity index (χ2n) is 7.24. The molecular formula is C18H20N4O2S. The molecule has 2 aromatic heterocycles. The summed E-state index contributed by atoms with van der Waals surface area (Å²) < 4.78 is 25.2. The van der Waals surface area contributed by atoms with Crippen LogP contribution in [0.25, 0.3) is 5.65 Å². The van der Waals surface area contributed by atoms with Crippen LogP contribution in [0.3, 0.4) is 0 Å². The van der Waals surface area contributed by atoms with E-state index in [0.717, 1.165) is 17.0 Å².